The second kappa shape index (κ2) is 6.96. The zero-order valence-electron chi connectivity index (χ0n) is 13.7. The molecule has 5 heteroatoms. The number of oxazole rings is 1. The van der Waals surface area contributed by atoms with E-state index in [9.17, 15) is 4.79 Å². The number of anilines is 1. The molecule has 2 heterocycles. The van der Waals surface area contributed by atoms with Gasteiger partial charge < -0.3 is 9.32 Å². The van der Waals surface area contributed by atoms with Crippen LogP contribution >= 0.6 is 0 Å². The molecule has 1 aliphatic rings. The number of carbonyl (C=O) groups excluding carboxylic acids is 1. The topological polar surface area (TPSA) is 49.6 Å². The van der Waals surface area contributed by atoms with Gasteiger partial charge in [0.25, 0.3) is 5.89 Å². The zero-order valence-corrected chi connectivity index (χ0v) is 13.7. The van der Waals surface area contributed by atoms with Gasteiger partial charge in [-0.1, -0.05) is 12.1 Å². The molecule has 0 aliphatic carbocycles. The predicted molar refractivity (Wildman–Crippen MR) is 89.6 cm³/mol. The smallest absolute Gasteiger partial charge is 0.263 e. The van der Waals surface area contributed by atoms with Crippen molar-refractivity contribution in [1.29, 1.82) is 0 Å². The molecule has 2 aromatic rings. The SMILES string of the molecule is CN(C)c1ccc(CN2CCC(C(=O)c3ncco3)CC2)cc1. The van der Waals surface area contributed by atoms with Crippen molar-refractivity contribution in [2.45, 2.75) is 19.4 Å². The highest BCUT2D eigenvalue weighted by Crippen LogP contribution is 2.23. The van der Waals surface area contributed by atoms with Crippen molar-refractivity contribution in [3.63, 3.8) is 0 Å². The lowest BCUT2D eigenvalue weighted by Gasteiger charge is -2.30. The van der Waals surface area contributed by atoms with Crippen molar-refractivity contribution in [3.05, 3.63) is 48.2 Å². The van der Waals surface area contributed by atoms with Gasteiger partial charge in [-0.2, -0.15) is 0 Å². The van der Waals surface area contributed by atoms with E-state index in [0.717, 1.165) is 32.5 Å². The van der Waals surface area contributed by atoms with Crippen LogP contribution in [0.1, 0.15) is 29.1 Å². The normalized spacial score (nSPS) is 16.4. The maximum absolute atomic E-state index is 12.2. The standard InChI is InChI=1S/C18H23N3O2/c1-20(2)16-5-3-14(4-6-16)13-21-10-7-15(8-11-21)17(22)18-19-9-12-23-18/h3-6,9,12,15H,7-8,10-11,13H2,1-2H3. The van der Waals surface area contributed by atoms with E-state index >= 15 is 0 Å². The Balaban J connectivity index is 1.52. The number of hydrogen-bond donors (Lipinski definition) is 0. The highest BCUT2D eigenvalue weighted by molar-refractivity contribution is 5.93. The fourth-order valence-electron chi connectivity index (χ4n) is 3.03. The van der Waals surface area contributed by atoms with Gasteiger partial charge in [-0.3, -0.25) is 9.69 Å². The number of aromatic nitrogens is 1. The molecule has 1 fully saturated rings. The monoisotopic (exact) mass is 313 g/mol. The summed E-state index contributed by atoms with van der Waals surface area (Å²) in [5.41, 5.74) is 2.53. The van der Waals surface area contributed by atoms with Gasteiger partial charge >= 0.3 is 0 Å². The first-order valence-electron chi connectivity index (χ1n) is 8.06. The molecule has 0 amide bonds. The van der Waals surface area contributed by atoms with Gasteiger partial charge in [-0.05, 0) is 43.6 Å². The molecular formula is C18H23N3O2. The van der Waals surface area contributed by atoms with Gasteiger partial charge in [-0.15, -0.1) is 0 Å². The fourth-order valence-corrected chi connectivity index (χ4v) is 3.03. The minimum Gasteiger partial charge on any atom is -0.442 e. The molecule has 0 N–H and O–H groups in total. The first-order chi connectivity index (χ1) is 11.1. The molecule has 23 heavy (non-hydrogen) atoms. The minimum absolute atomic E-state index is 0.0426. The van der Waals surface area contributed by atoms with Crippen LogP contribution in [0.2, 0.25) is 0 Å². The maximum atomic E-state index is 12.2. The number of Topliss-reactive ketones (excluding diaryl/α,β-unsaturated/α-hetero) is 1. The molecule has 1 aliphatic heterocycles. The van der Waals surface area contributed by atoms with Crippen LogP contribution < -0.4 is 4.90 Å². The summed E-state index contributed by atoms with van der Waals surface area (Å²) in [6, 6.07) is 8.65. The summed E-state index contributed by atoms with van der Waals surface area (Å²) in [5.74, 6) is 0.341. The number of carbonyl (C=O) groups is 1. The minimum atomic E-state index is 0.0426. The van der Waals surface area contributed by atoms with Gasteiger partial charge in [-0.25, -0.2) is 4.98 Å². The third-order valence-electron chi connectivity index (χ3n) is 4.46. The number of hydrogen-bond acceptors (Lipinski definition) is 5. The largest absolute Gasteiger partial charge is 0.442 e. The highest BCUT2D eigenvalue weighted by atomic mass is 16.3. The Morgan fingerprint density at radius 2 is 1.96 bits per heavy atom. The summed E-state index contributed by atoms with van der Waals surface area (Å²) in [7, 11) is 4.09. The molecule has 0 spiro atoms. The Morgan fingerprint density at radius 3 is 2.52 bits per heavy atom. The predicted octanol–water partition coefficient (Wildman–Crippen LogP) is 2.84. The van der Waals surface area contributed by atoms with Crippen LogP contribution in [-0.2, 0) is 6.54 Å². The lowest BCUT2D eigenvalue weighted by atomic mass is 9.92. The van der Waals surface area contributed by atoms with Crippen LogP contribution in [0.4, 0.5) is 5.69 Å². The first kappa shape index (κ1) is 15.7. The van der Waals surface area contributed by atoms with Crippen LogP contribution in [-0.4, -0.2) is 42.9 Å². The average molecular weight is 313 g/mol. The lowest BCUT2D eigenvalue weighted by molar-refractivity contribution is 0.0799. The van der Waals surface area contributed by atoms with Crippen molar-refractivity contribution < 1.29 is 9.21 Å². The summed E-state index contributed by atoms with van der Waals surface area (Å²) in [6.45, 7) is 2.81. The van der Waals surface area contributed by atoms with Gasteiger partial charge in [0.1, 0.15) is 6.26 Å². The van der Waals surface area contributed by atoms with Crippen LogP contribution in [0.15, 0.2) is 41.1 Å². The number of rotatable bonds is 5. The van der Waals surface area contributed by atoms with Gasteiger partial charge in [0, 0.05) is 32.2 Å². The summed E-state index contributed by atoms with van der Waals surface area (Å²) in [4.78, 5) is 20.7. The van der Waals surface area contributed by atoms with Gasteiger partial charge in [0.2, 0.25) is 5.78 Å². The third kappa shape index (κ3) is 3.79. The van der Waals surface area contributed by atoms with E-state index in [1.165, 1.54) is 23.7 Å². The van der Waals surface area contributed by atoms with E-state index in [-0.39, 0.29) is 17.6 Å². The van der Waals surface area contributed by atoms with Crippen LogP contribution in [0.25, 0.3) is 0 Å². The molecule has 122 valence electrons. The Labute approximate surface area is 136 Å². The van der Waals surface area contributed by atoms with E-state index in [1.54, 1.807) is 0 Å². The summed E-state index contributed by atoms with van der Waals surface area (Å²) in [6.07, 6.45) is 4.73. The summed E-state index contributed by atoms with van der Waals surface area (Å²) in [5, 5.41) is 0. The summed E-state index contributed by atoms with van der Waals surface area (Å²) >= 11 is 0. The quantitative estimate of drug-likeness (QED) is 0.795. The molecule has 0 saturated carbocycles. The molecule has 0 radical (unpaired) electrons. The Kier molecular flexibility index (Phi) is 4.76. The molecular weight excluding hydrogens is 290 g/mol. The molecule has 3 rings (SSSR count). The van der Waals surface area contributed by atoms with Gasteiger partial charge in [0.05, 0.1) is 6.20 Å². The van der Waals surface area contributed by atoms with Crippen LogP contribution in [0, 0.1) is 5.92 Å². The Morgan fingerprint density at radius 1 is 1.26 bits per heavy atom. The van der Waals surface area contributed by atoms with E-state index in [1.807, 2.05) is 14.1 Å². The van der Waals surface area contributed by atoms with Crippen LogP contribution in [0.5, 0.6) is 0 Å². The third-order valence-corrected chi connectivity index (χ3v) is 4.46. The lowest BCUT2D eigenvalue weighted by Crippen LogP contribution is -2.36. The molecule has 1 saturated heterocycles. The van der Waals surface area contributed by atoms with Crippen molar-refractivity contribution in [3.8, 4) is 0 Å². The van der Waals surface area contributed by atoms with Crippen molar-refractivity contribution in [1.82, 2.24) is 9.88 Å². The van der Waals surface area contributed by atoms with E-state index in [0.29, 0.717) is 0 Å². The van der Waals surface area contributed by atoms with Crippen LogP contribution in [0.3, 0.4) is 0 Å². The Bertz CT molecular complexity index is 627. The molecule has 5 nitrogen and oxygen atoms in total. The average Bonchev–Trinajstić information content (AvgIpc) is 3.10. The molecule has 1 aromatic heterocycles. The number of ketones is 1. The fraction of sp³-hybridized carbons (Fsp3) is 0.444. The maximum Gasteiger partial charge on any atom is 0.263 e. The second-order valence-corrected chi connectivity index (χ2v) is 6.31. The molecule has 0 bridgehead atoms. The van der Waals surface area contributed by atoms with E-state index in [4.69, 9.17) is 4.42 Å². The van der Waals surface area contributed by atoms with E-state index < -0.39 is 0 Å². The number of likely N-dealkylation sites (tertiary alicyclic amines) is 1. The Hall–Kier alpha value is -2.14. The summed E-state index contributed by atoms with van der Waals surface area (Å²) < 4.78 is 5.12. The van der Waals surface area contributed by atoms with E-state index in [2.05, 4.69) is 39.0 Å². The van der Waals surface area contributed by atoms with Gasteiger partial charge in [0.15, 0.2) is 0 Å². The molecule has 0 atom stereocenters. The van der Waals surface area contributed by atoms with Crippen molar-refractivity contribution in [2.24, 2.45) is 5.92 Å². The van der Waals surface area contributed by atoms with Crippen molar-refractivity contribution in [2.75, 3.05) is 32.1 Å². The zero-order chi connectivity index (χ0) is 16.2. The molecule has 0 unspecified atom stereocenters. The number of piperidine rings is 1. The highest BCUT2D eigenvalue weighted by Gasteiger charge is 2.28. The van der Waals surface area contributed by atoms with Crippen molar-refractivity contribution >= 4 is 11.5 Å². The number of nitrogens with zero attached hydrogens (tertiary/aromatic N) is 3. The molecule has 1 aromatic carbocycles. The number of benzene rings is 1. The second-order valence-electron chi connectivity index (χ2n) is 6.31. The first-order valence-corrected chi connectivity index (χ1v) is 8.06.